The molecule has 4 aromatic rings. The molecule has 0 saturated heterocycles. The summed E-state index contributed by atoms with van der Waals surface area (Å²) in [5, 5.41) is 9.61. The molecule has 0 fully saturated rings. The van der Waals surface area contributed by atoms with E-state index in [0.717, 1.165) is 16.9 Å². The summed E-state index contributed by atoms with van der Waals surface area (Å²) in [7, 11) is 1.34. The van der Waals surface area contributed by atoms with Crippen molar-refractivity contribution in [2.45, 2.75) is 12.3 Å². The third-order valence-corrected chi connectivity index (χ3v) is 5.17. The fourth-order valence-corrected chi connectivity index (χ4v) is 3.60. The summed E-state index contributed by atoms with van der Waals surface area (Å²) < 4.78 is 10.8. The van der Waals surface area contributed by atoms with Gasteiger partial charge in [0.25, 0.3) is 0 Å². The van der Waals surface area contributed by atoms with Crippen molar-refractivity contribution < 1.29 is 19.4 Å². The number of ether oxygens (including phenoxy) is 2. The molecule has 2 N–H and O–H groups in total. The number of H-pyrrole nitrogens is 1. The summed E-state index contributed by atoms with van der Waals surface area (Å²) in [6, 6.07) is 26.7. The topological polar surface area (TPSA) is 84.4 Å². The van der Waals surface area contributed by atoms with Crippen LogP contribution in [-0.4, -0.2) is 34.8 Å². The largest absolute Gasteiger partial charge is 0.464 e. The quantitative estimate of drug-likeness (QED) is 0.378. The van der Waals surface area contributed by atoms with Crippen LogP contribution in [0.25, 0.3) is 11.3 Å². The van der Waals surface area contributed by atoms with Crippen LogP contribution in [0.1, 0.15) is 34.2 Å². The third-order valence-electron chi connectivity index (χ3n) is 5.17. The van der Waals surface area contributed by atoms with Gasteiger partial charge in [-0.1, -0.05) is 48.5 Å². The van der Waals surface area contributed by atoms with Crippen LogP contribution in [0.3, 0.4) is 0 Å². The van der Waals surface area contributed by atoms with Gasteiger partial charge in [0.15, 0.2) is 5.69 Å². The molecule has 3 aromatic carbocycles. The molecule has 0 saturated carbocycles. The number of carbonyl (C=O) groups excluding carboxylic acids is 1. The smallest absolute Gasteiger partial charge is 0.356 e. The highest BCUT2D eigenvalue weighted by atomic mass is 16.5. The second-order valence-corrected chi connectivity index (χ2v) is 7.25. The number of nitrogens with zero attached hydrogens (tertiary/aromatic N) is 1. The molecule has 32 heavy (non-hydrogen) atoms. The first kappa shape index (κ1) is 21.3. The molecular formula is C26H24N2O4. The van der Waals surface area contributed by atoms with Crippen molar-refractivity contribution in [1.82, 2.24) is 9.97 Å². The van der Waals surface area contributed by atoms with Gasteiger partial charge in [0, 0.05) is 18.1 Å². The lowest BCUT2D eigenvalue weighted by Gasteiger charge is -2.13. The van der Waals surface area contributed by atoms with Crippen LogP contribution in [0.5, 0.6) is 11.5 Å². The van der Waals surface area contributed by atoms with Gasteiger partial charge in [-0.3, -0.25) is 0 Å². The van der Waals surface area contributed by atoms with Crippen LogP contribution in [0, 0.1) is 0 Å². The van der Waals surface area contributed by atoms with E-state index in [4.69, 9.17) is 14.5 Å². The van der Waals surface area contributed by atoms with E-state index in [-0.39, 0.29) is 18.2 Å². The van der Waals surface area contributed by atoms with E-state index in [1.807, 2.05) is 84.9 Å². The first-order chi connectivity index (χ1) is 15.7. The maximum atomic E-state index is 12.5. The molecule has 1 aromatic heterocycles. The monoisotopic (exact) mass is 428 g/mol. The van der Waals surface area contributed by atoms with Crippen molar-refractivity contribution in [3.63, 3.8) is 0 Å². The molecule has 1 heterocycles. The third kappa shape index (κ3) is 4.71. The van der Waals surface area contributed by atoms with E-state index in [1.165, 1.54) is 7.11 Å². The summed E-state index contributed by atoms with van der Waals surface area (Å²) in [6.07, 6.45) is 0.474. The van der Waals surface area contributed by atoms with Crippen molar-refractivity contribution in [3.05, 3.63) is 102 Å². The zero-order chi connectivity index (χ0) is 22.3. The van der Waals surface area contributed by atoms with Gasteiger partial charge in [-0.05, 0) is 48.4 Å². The number of hydrogen-bond donors (Lipinski definition) is 2. The Bertz CT molecular complexity index is 1160. The van der Waals surface area contributed by atoms with Gasteiger partial charge in [-0.25, -0.2) is 9.78 Å². The number of hydrogen-bond acceptors (Lipinski definition) is 5. The summed E-state index contributed by atoms with van der Waals surface area (Å²) in [6.45, 7) is -0.00528. The van der Waals surface area contributed by atoms with Gasteiger partial charge < -0.3 is 19.6 Å². The van der Waals surface area contributed by atoms with Gasteiger partial charge in [0.2, 0.25) is 0 Å². The number of aromatic amines is 1. The van der Waals surface area contributed by atoms with Crippen molar-refractivity contribution in [2.75, 3.05) is 13.7 Å². The summed E-state index contributed by atoms with van der Waals surface area (Å²) in [4.78, 5) is 20.4. The molecule has 1 atom stereocenters. The molecule has 0 aliphatic rings. The number of methoxy groups -OCH3 is 1. The number of aliphatic hydroxyl groups is 1. The van der Waals surface area contributed by atoms with Crippen molar-refractivity contribution in [1.29, 1.82) is 0 Å². The Morgan fingerprint density at radius 3 is 2.19 bits per heavy atom. The molecule has 0 aliphatic heterocycles. The van der Waals surface area contributed by atoms with Gasteiger partial charge in [-0.15, -0.1) is 0 Å². The molecule has 0 spiro atoms. The van der Waals surface area contributed by atoms with E-state index < -0.39 is 5.97 Å². The maximum absolute atomic E-state index is 12.5. The highest BCUT2D eigenvalue weighted by Gasteiger charge is 2.24. The fourth-order valence-electron chi connectivity index (χ4n) is 3.60. The Balaban J connectivity index is 1.68. The molecule has 162 valence electrons. The van der Waals surface area contributed by atoms with E-state index in [0.29, 0.717) is 23.7 Å². The fraction of sp³-hybridized carbons (Fsp3) is 0.154. The van der Waals surface area contributed by atoms with Crippen LogP contribution < -0.4 is 4.74 Å². The first-order valence-corrected chi connectivity index (χ1v) is 10.4. The van der Waals surface area contributed by atoms with E-state index in [9.17, 15) is 9.90 Å². The minimum atomic E-state index is -0.501. The number of esters is 1. The van der Waals surface area contributed by atoms with Crippen LogP contribution in [-0.2, 0) is 4.74 Å². The van der Waals surface area contributed by atoms with Gasteiger partial charge in [0.1, 0.15) is 23.0 Å². The van der Waals surface area contributed by atoms with Crippen LogP contribution in [0.2, 0.25) is 0 Å². The Kier molecular flexibility index (Phi) is 6.63. The predicted octanol–water partition coefficient (Wildman–Crippen LogP) is 5.17. The summed E-state index contributed by atoms with van der Waals surface area (Å²) in [5.74, 6) is 1.34. The minimum absolute atomic E-state index is 0.00528. The molecule has 6 heteroatoms. The Morgan fingerprint density at radius 2 is 1.56 bits per heavy atom. The average Bonchev–Trinajstić information content (AvgIpc) is 3.29. The molecule has 4 rings (SSSR count). The number of benzene rings is 3. The number of nitrogens with one attached hydrogen (secondary N) is 1. The molecule has 0 aliphatic carbocycles. The molecule has 6 nitrogen and oxygen atoms in total. The lowest BCUT2D eigenvalue weighted by molar-refractivity contribution is 0.0595. The summed E-state index contributed by atoms with van der Waals surface area (Å²) in [5.41, 5.74) is 2.53. The SMILES string of the molecule is COC(=O)c1[nH]c(C(CCO)c2ccccc2)nc1-c1ccc(Oc2ccccc2)cc1. The number of aromatic nitrogens is 2. The Hall–Kier alpha value is -3.90. The van der Waals surface area contributed by atoms with Crippen molar-refractivity contribution >= 4 is 5.97 Å². The highest BCUT2D eigenvalue weighted by Crippen LogP contribution is 2.32. The Labute approximate surface area is 186 Å². The van der Waals surface area contributed by atoms with Crippen LogP contribution in [0.15, 0.2) is 84.9 Å². The molecule has 1 unspecified atom stereocenters. The second-order valence-electron chi connectivity index (χ2n) is 7.25. The van der Waals surface area contributed by atoms with Gasteiger partial charge in [0.05, 0.1) is 7.11 Å². The number of aliphatic hydroxyl groups excluding tert-OH is 1. The standard InChI is InChI=1S/C26H24N2O4/c1-31-26(30)24-23(19-12-14-21(15-13-19)32-20-10-6-3-7-11-20)27-25(28-24)22(16-17-29)18-8-4-2-5-9-18/h2-15,22,29H,16-17H2,1H3,(H,27,28). The number of imidazole rings is 1. The van der Waals surface area contributed by atoms with E-state index in [1.54, 1.807) is 0 Å². The van der Waals surface area contributed by atoms with Crippen LogP contribution >= 0.6 is 0 Å². The van der Waals surface area contributed by atoms with Gasteiger partial charge in [-0.2, -0.15) is 0 Å². The normalized spacial score (nSPS) is 11.7. The first-order valence-electron chi connectivity index (χ1n) is 10.4. The zero-order valence-corrected chi connectivity index (χ0v) is 17.7. The molecule has 0 radical (unpaired) electrons. The van der Waals surface area contributed by atoms with Crippen LogP contribution in [0.4, 0.5) is 0 Å². The highest BCUT2D eigenvalue weighted by molar-refractivity contribution is 5.94. The number of rotatable bonds is 8. The van der Waals surface area contributed by atoms with E-state index in [2.05, 4.69) is 4.98 Å². The maximum Gasteiger partial charge on any atom is 0.356 e. The average molecular weight is 428 g/mol. The lowest BCUT2D eigenvalue weighted by atomic mass is 9.95. The van der Waals surface area contributed by atoms with E-state index >= 15 is 0 Å². The summed E-state index contributed by atoms with van der Waals surface area (Å²) >= 11 is 0. The molecule has 0 amide bonds. The lowest BCUT2D eigenvalue weighted by Crippen LogP contribution is -2.07. The number of para-hydroxylation sites is 1. The second kappa shape index (κ2) is 9.94. The molecular weight excluding hydrogens is 404 g/mol. The molecule has 0 bridgehead atoms. The predicted molar refractivity (Wildman–Crippen MR) is 122 cm³/mol. The Morgan fingerprint density at radius 1 is 0.938 bits per heavy atom. The van der Waals surface area contributed by atoms with Crippen molar-refractivity contribution in [2.24, 2.45) is 0 Å². The minimum Gasteiger partial charge on any atom is -0.464 e. The van der Waals surface area contributed by atoms with Crippen molar-refractivity contribution in [3.8, 4) is 22.8 Å². The number of carbonyl (C=O) groups is 1. The van der Waals surface area contributed by atoms with Gasteiger partial charge >= 0.3 is 5.97 Å². The zero-order valence-electron chi connectivity index (χ0n) is 17.7.